The predicted octanol–water partition coefficient (Wildman–Crippen LogP) is 2.16. The van der Waals surface area contributed by atoms with E-state index in [0.29, 0.717) is 42.9 Å². The van der Waals surface area contributed by atoms with Crippen molar-refractivity contribution in [1.29, 1.82) is 5.41 Å². The van der Waals surface area contributed by atoms with Crippen molar-refractivity contribution in [2.75, 3.05) is 26.2 Å². The van der Waals surface area contributed by atoms with Crippen LogP contribution in [-0.2, 0) is 14.4 Å². The Morgan fingerprint density at radius 1 is 1.12 bits per heavy atom. The maximum atomic E-state index is 13.7. The molecule has 0 aromatic heterocycles. The molecule has 0 radical (unpaired) electrons. The summed E-state index contributed by atoms with van der Waals surface area (Å²) in [7, 11) is 0. The third-order valence-electron chi connectivity index (χ3n) is 5.58. The number of nitrogens with one attached hydrogen (secondary N) is 1. The fourth-order valence-electron chi connectivity index (χ4n) is 3.81. The number of nitrogen functional groups attached to an aromatic ring is 1. The van der Waals surface area contributed by atoms with Crippen LogP contribution in [0, 0.1) is 11.2 Å². The number of carboxylic acid groups (broad SMARTS) is 1. The van der Waals surface area contributed by atoms with Crippen LogP contribution >= 0.6 is 0 Å². The highest BCUT2D eigenvalue weighted by molar-refractivity contribution is 6.35. The van der Waals surface area contributed by atoms with Gasteiger partial charge in [0.25, 0.3) is 0 Å². The van der Waals surface area contributed by atoms with Crippen molar-refractivity contribution >= 4 is 23.6 Å². The van der Waals surface area contributed by atoms with E-state index < -0.39 is 36.1 Å². The van der Waals surface area contributed by atoms with Crippen molar-refractivity contribution in [2.45, 2.75) is 25.3 Å². The fraction of sp³-hybridized carbons (Fsp3) is 0.333. The van der Waals surface area contributed by atoms with Gasteiger partial charge in [-0.25, -0.2) is 4.39 Å². The predicted molar refractivity (Wildman–Crippen MR) is 122 cm³/mol. The molecule has 0 bridgehead atoms. The highest BCUT2D eigenvalue weighted by Gasteiger charge is 2.37. The second kappa shape index (κ2) is 11.3. The number of amides is 2. The Hall–Kier alpha value is -3.95. The minimum absolute atomic E-state index is 0.0175. The average molecular weight is 471 g/mol. The van der Waals surface area contributed by atoms with Gasteiger partial charge in [-0.3, -0.25) is 19.8 Å². The van der Waals surface area contributed by atoms with E-state index in [2.05, 4.69) is 0 Å². The number of hydrogen-bond donors (Lipinski definition) is 3. The van der Waals surface area contributed by atoms with E-state index in [9.17, 15) is 23.9 Å². The van der Waals surface area contributed by atoms with Gasteiger partial charge >= 0.3 is 17.8 Å². The molecule has 4 N–H and O–H groups in total. The van der Waals surface area contributed by atoms with Gasteiger partial charge < -0.3 is 25.4 Å². The summed E-state index contributed by atoms with van der Waals surface area (Å²) >= 11 is 0. The minimum Gasteiger partial charge on any atom is -0.494 e. The summed E-state index contributed by atoms with van der Waals surface area (Å²) < 4.78 is 19.3. The van der Waals surface area contributed by atoms with Gasteiger partial charge in [-0.1, -0.05) is 12.1 Å². The molecule has 34 heavy (non-hydrogen) atoms. The third kappa shape index (κ3) is 6.31. The lowest BCUT2D eigenvalue weighted by molar-refractivity contribution is -0.159. The topological polar surface area (TPSA) is 137 Å². The maximum Gasteiger partial charge on any atom is 0.312 e. The van der Waals surface area contributed by atoms with Crippen LogP contribution in [0.1, 0.15) is 36.4 Å². The molecular weight excluding hydrogens is 443 g/mol. The van der Waals surface area contributed by atoms with Crippen LogP contribution in [0.15, 0.2) is 48.5 Å². The summed E-state index contributed by atoms with van der Waals surface area (Å²) in [5.41, 5.74) is 6.37. The Morgan fingerprint density at radius 3 is 2.50 bits per heavy atom. The van der Waals surface area contributed by atoms with Crippen LogP contribution in [0.5, 0.6) is 5.75 Å². The lowest BCUT2D eigenvalue weighted by Crippen LogP contribution is -2.55. The first-order chi connectivity index (χ1) is 16.3. The number of carbonyl (C=O) groups excluding carboxylic acids is 2. The van der Waals surface area contributed by atoms with Gasteiger partial charge in [-0.2, -0.15) is 0 Å². The molecule has 1 atom stereocenters. The first-order valence-corrected chi connectivity index (χ1v) is 10.9. The van der Waals surface area contributed by atoms with Crippen molar-refractivity contribution < 1.29 is 28.6 Å². The molecule has 2 aromatic carbocycles. The molecule has 0 saturated carbocycles. The van der Waals surface area contributed by atoms with E-state index in [0.717, 1.165) is 0 Å². The van der Waals surface area contributed by atoms with E-state index in [4.69, 9.17) is 15.9 Å². The number of benzene rings is 2. The Labute approximate surface area is 196 Å². The maximum absolute atomic E-state index is 13.7. The number of carboxylic acids is 1. The smallest absolute Gasteiger partial charge is 0.312 e. The Bertz CT molecular complexity index is 1060. The number of carbonyl (C=O) groups is 3. The first-order valence-electron chi connectivity index (χ1n) is 10.9. The van der Waals surface area contributed by atoms with E-state index >= 15 is 0 Å². The number of unbranched alkanes of at least 4 members (excludes halogenated alkanes) is 1. The van der Waals surface area contributed by atoms with Crippen LogP contribution in [0.2, 0.25) is 0 Å². The Kier molecular flexibility index (Phi) is 8.18. The van der Waals surface area contributed by atoms with Crippen LogP contribution in [0.25, 0.3) is 0 Å². The zero-order valence-corrected chi connectivity index (χ0v) is 18.6. The molecule has 0 aliphatic carbocycles. The summed E-state index contributed by atoms with van der Waals surface area (Å²) in [6, 6.07) is 11.3. The monoisotopic (exact) mass is 470 g/mol. The van der Waals surface area contributed by atoms with Crippen LogP contribution in [0.4, 0.5) is 4.39 Å². The second-order valence-corrected chi connectivity index (χ2v) is 7.95. The molecule has 3 rings (SSSR count). The summed E-state index contributed by atoms with van der Waals surface area (Å²) in [5, 5.41) is 16.7. The van der Waals surface area contributed by atoms with Crippen molar-refractivity contribution in [3.63, 3.8) is 0 Å². The van der Waals surface area contributed by atoms with Crippen LogP contribution in [0.3, 0.4) is 0 Å². The lowest BCUT2D eigenvalue weighted by atomic mass is 10.0. The number of ether oxygens (including phenoxy) is 1. The zero-order valence-electron chi connectivity index (χ0n) is 18.6. The van der Waals surface area contributed by atoms with Gasteiger partial charge in [0.15, 0.2) is 0 Å². The number of rotatable bonds is 11. The van der Waals surface area contributed by atoms with Crippen LogP contribution < -0.4 is 10.5 Å². The number of amidine groups is 1. The average Bonchev–Trinajstić information content (AvgIpc) is 2.80. The molecule has 10 heteroatoms. The molecule has 1 saturated heterocycles. The first kappa shape index (κ1) is 24.7. The standard InChI is InChI=1S/C24H27FN4O5/c25-18-5-3-4-17(14-18)20(15-21(30)31)29-12-11-28(23(32)24(29)33)10-1-2-13-34-19-8-6-16(7-9-19)22(26)27/h3-9,14,20H,1-2,10-13,15H2,(H3,26,27)(H,30,31). The largest absolute Gasteiger partial charge is 0.494 e. The molecule has 2 amide bonds. The summed E-state index contributed by atoms with van der Waals surface area (Å²) in [6.07, 6.45) is 0.848. The summed E-state index contributed by atoms with van der Waals surface area (Å²) in [5.74, 6) is -2.54. The van der Waals surface area contributed by atoms with E-state index in [-0.39, 0.29) is 18.9 Å². The molecule has 1 aliphatic heterocycles. The quantitative estimate of drug-likeness (QED) is 0.199. The molecule has 2 aromatic rings. The highest BCUT2D eigenvalue weighted by Crippen LogP contribution is 2.27. The van der Waals surface area contributed by atoms with Gasteiger partial charge in [-0.05, 0) is 54.8 Å². The number of piperazine rings is 1. The van der Waals surface area contributed by atoms with Crippen molar-refractivity contribution in [2.24, 2.45) is 5.73 Å². The Morgan fingerprint density at radius 2 is 1.85 bits per heavy atom. The molecule has 9 nitrogen and oxygen atoms in total. The van der Waals surface area contributed by atoms with E-state index in [1.807, 2.05) is 0 Å². The number of hydrogen-bond acceptors (Lipinski definition) is 5. The Balaban J connectivity index is 1.50. The molecule has 1 unspecified atom stereocenters. The SMILES string of the molecule is N=C(N)c1ccc(OCCCCN2CCN(C(CC(=O)O)c3cccc(F)c3)C(=O)C2=O)cc1. The van der Waals surface area contributed by atoms with Crippen molar-refractivity contribution in [3.8, 4) is 5.75 Å². The van der Waals surface area contributed by atoms with Gasteiger partial charge in [0.05, 0.1) is 19.1 Å². The van der Waals surface area contributed by atoms with Crippen LogP contribution in [-0.4, -0.2) is 64.8 Å². The normalized spacial score (nSPS) is 14.7. The minimum atomic E-state index is -1.15. The van der Waals surface area contributed by atoms with Crippen molar-refractivity contribution in [1.82, 2.24) is 9.80 Å². The molecule has 1 aliphatic rings. The molecule has 1 heterocycles. The fourth-order valence-corrected chi connectivity index (χ4v) is 3.81. The number of nitrogens with two attached hydrogens (primary N) is 1. The third-order valence-corrected chi connectivity index (χ3v) is 5.58. The summed E-state index contributed by atoms with van der Waals surface area (Å²) in [4.78, 5) is 39.4. The number of halogens is 1. The highest BCUT2D eigenvalue weighted by atomic mass is 19.1. The van der Waals surface area contributed by atoms with Gasteiger partial charge in [0, 0.05) is 25.2 Å². The zero-order chi connectivity index (χ0) is 24.7. The van der Waals surface area contributed by atoms with Gasteiger partial charge in [-0.15, -0.1) is 0 Å². The van der Waals surface area contributed by atoms with Crippen molar-refractivity contribution in [3.05, 3.63) is 65.5 Å². The van der Waals surface area contributed by atoms with E-state index in [1.54, 1.807) is 30.3 Å². The molecule has 0 spiro atoms. The van der Waals surface area contributed by atoms with Gasteiger partial charge in [0.1, 0.15) is 17.4 Å². The number of aliphatic carboxylic acids is 1. The van der Waals surface area contributed by atoms with E-state index in [1.165, 1.54) is 28.0 Å². The molecular formula is C24H27FN4O5. The van der Waals surface area contributed by atoms with Gasteiger partial charge in [0.2, 0.25) is 0 Å². The number of nitrogens with zero attached hydrogens (tertiary/aromatic N) is 2. The lowest BCUT2D eigenvalue weighted by Gasteiger charge is -2.38. The molecule has 180 valence electrons. The summed E-state index contributed by atoms with van der Waals surface area (Å²) in [6.45, 7) is 1.22. The molecule has 1 fully saturated rings. The second-order valence-electron chi connectivity index (χ2n) is 7.95.